The summed E-state index contributed by atoms with van der Waals surface area (Å²) >= 11 is 0. The summed E-state index contributed by atoms with van der Waals surface area (Å²) in [7, 11) is 0. The number of carbonyl (C=O) groups excluding carboxylic acids is 2. The fourth-order valence-electron chi connectivity index (χ4n) is 6.08. The topological polar surface area (TPSA) is 171 Å². The molecule has 58 heavy (non-hydrogen) atoms. The van der Waals surface area contributed by atoms with Gasteiger partial charge in [0.2, 0.25) is 0 Å². The number of anilines is 2. The lowest BCUT2D eigenvalue weighted by atomic mass is 10.1. The minimum atomic E-state index is -1.14. The van der Waals surface area contributed by atoms with Crippen LogP contribution >= 0.6 is 0 Å². The number of carboxylic acid groups (broad SMARTS) is 2. The molecule has 0 aliphatic heterocycles. The molecule has 0 atom stereocenters. The number of hydrogen-bond acceptors (Lipinski definition) is 12. The van der Waals surface area contributed by atoms with E-state index in [4.69, 9.17) is 28.4 Å². The van der Waals surface area contributed by atoms with Crippen molar-refractivity contribution in [1.29, 1.82) is 0 Å². The van der Waals surface area contributed by atoms with Crippen LogP contribution in [0.1, 0.15) is 102 Å². The SMILES string of the molecule is CCCCCCCCOCCOC(=O)CN(CC(=O)O)c1ccc(C)cc1OCCOc1cc(C)ccc1N(CC(=O)O)CC(=O)OCCOCCCCCCCC. The van der Waals surface area contributed by atoms with Gasteiger partial charge in [-0.05, 0) is 62.1 Å². The normalized spacial score (nSPS) is 10.9. The number of benzene rings is 2. The van der Waals surface area contributed by atoms with E-state index >= 15 is 0 Å². The van der Waals surface area contributed by atoms with Crippen molar-refractivity contribution in [2.24, 2.45) is 0 Å². The lowest BCUT2D eigenvalue weighted by molar-refractivity contribution is -0.144. The van der Waals surface area contributed by atoms with Gasteiger partial charge in [-0.15, -0.1) is 0 Å². The van der Waals surface area contributed by atoms with E-state index < -0.39 is 37.0 Å². The zero-order valence-corrected chi connectivity index (χ0v) is 35.3. The first-order valence-corrected chi connectivity index (χ1v) is 20.9. The van der Waals surface area contributed by atoms with Crippen LogP contribution in [-0.2, 0) is 38.1 Å². The Labute approximate surface area is 345 Å². The molecule has 0 spiro atoms. The van der Waals surface area contributed by atoms with Crippen molar-refractivity contribution in [3.8, 4) is 11.5 Å². The predicted molar refractivity (Wildman–Crippen MR) is 223 cm³/mol. The molecule has 0 heterocycles. The fraction of sp³-hybridized carbons (Fsp3) is 0.636. The van der Waals surface area contributed by atoms with Crippen LogP contribution in [-0.4, -0.2) is 113 Å². The molecule has 14 heteroatoms. The van der Waals surface area contributed by atoms with Crippen molar-refractivity contribution < 1.29 is 57.8 Å². The summed E-state index contributed by atoms with van der Waals surface area (Å²) in [4.78, 5) is 52.0. The van der Waals surface area contributed by atoms with Crippen LogP contribution in [0.2, 0.25) is 0 Å². The highest BCUT2D eigenvalue weighted by atomic mass is 16.6. The molecule has 2 aromatic carbocycles. The van der Waals surface area contributed by atoms with E-state index in [1.165, 1.54) is 61.2 Å². The Hall–Kier alpha value is -4.56. The quantitative estimate of drug-likeness (QED) is 0.0522. The van der Waals surface area contributed by atoms with Gasteiger partial charge in [0.05, 0.1) is 24.6 Å². The largest absolute Gasteiger partial charge is 0.488 e. The number of aliphatic carboxylic acids is 2. The summed E-state index contributed by atoms with van der Waals surface area (Å²) in [5.41, 5.74) is 2.47. The second-order valence-electron chi connectivity index (χ2n) is 14.3. The molecule has 0 aliphatic carbocycles. The summed E-state index contributed by atoms with van der Waals surface area (Å²) in [6.45, 7) is 8.37. The minimum Gasteiger partial charge on any atom is -0.488 e. The van der Waals surface area contributed by atoms with Gasteiger partial charge in [-0.25, -0.2) is 0 Å². The molecule has 0 amide bonds. The van der Waals surface area contributed by atoms with Crippen molar-refractivity contribution in [2.75, 3.05) is 88.8 Å². The Bertz CT molecular complexity index is 1380. The maximum Gasteiger partial charge on any atom is 0.325 e. The molecule has 0 aliphatic rings. The van der Waals surface area contributed by atoms with Crippen molar-refractivity contribution in [3.63, 3.8) is 0 Å². The average Bonchev–Trinajstić information content (AvgIpc) is 3.17. The molecular weight excluding hydrogens is 748 g/mol. The first-order valence-electron chi connectivity index (χ1n) is 20.9. The van der Waals surface area contributed by atoms with Crippen molar-refractivity contribution in [3.05, 3.63) is 47.5 Å². The number of esters is 2. The second-order valence-corrected chi connectivity index (χ2v) is 14.3. The van der Waals surface area contributed by atoms with Gasteiger partial charge in [0.25, 0.3) is 0 Å². The molecule has 0 radical (unpaired) electrons. The van der Waals surface area contributed by atoms with Crippen LogP contribution in [0.4, 0.5) is 11.4 Å². The Balaban J connectivity index is 1.97. The van der Waals surface area contributed by atoms with Crippen LogP contribution in [0.3, 0.4) is 0 Å². The zero-order valence-electron chi connectivity index (χ0n) is 35.3. The maximum atomic E-state index is 12.8. The van der Waals surface area contributed by atoms with E-state index in [1.54, 1.807) is 36.4 Å². The number of rotatable bonds is 35. The third-order valence-electron chi connectivity index (χ3n) is 9.07. The fourth-order valence-corrected chi connectivity index (χ4v) is 6.08. The number of hydrogen-bond donors (Lipinski definition) is 2. The highest BCUT2D eigenvalue weighted by molar-refractivity contribution is 5.83. The maximum absolute atomic E-state index is 12.8. The van der Waals surface area contributed by atoms with E-state index in [9.17, 15) is 29.4 Å². The van der Waals surface area contributed by atoms with Gasteiger partial charge in [0, 0.05) is 13.2 Å². The highest BCUT2D eigenvalue weighted by Gasteiger charge is 2.22. The zero-order chi connectivity index (χ0) is 42.4. The lowest BCUT2D eigenvalue weighted by Gasteiger charge is -2.26. The molecule has 326 valence electrons. The lowest BCUT2D eigenvalue weighted by Crippen LogP contribution is -2.36. The van der Waals surface area contributed by atoms with Crippen LogP contribution in [0.25, 0.3) is 0 Å². The standard InChI is InChI=1S/C44H68N2O12/c1-5-7-9-11-13-15-21-53-23-25-57-43(51)33-45(31-41(47)48)37-19-17-35(3)29-39(37)55-27-28-56-40-30-36(4)18-20-38(40)46(32-42(49)50)34-44(52)58-26-24-54-22-16-14-12-10-8-6-2/h17-20,29-30H,5-16,21-28,31-34H2,1-4H3,(H,47,48)(H,49,50). The average molecular weight is 817 g/mol. The summed E-state index contributed by atoms with van der Waals surface area (Å²) < 4.78 is 34.1. The van der Waals surface area contributed by atoms with Crippen molar-refractivity contribution >= 4 is 35.3 Å². The van der Waals surface area contributed by atoms with Gasteiger partial charge >= 0.3 is 23.9 Å². The van der Waals surface area contributed by atoms with Crippen LogP contribution in [0.15, 0.2) is 36.4 Å². The molecule has 0 aromatic heterocycles. The molecule has 14 nitrogen and oxygen atoms in total. The third-order valence-corrected chi connectivity index (χ3v) is 9.07. The van der Waals surface area contributed by atoms with Gasteiger partial charge in [-0.3, -0.25) is 19.2 Å². The number of aryl methyl sites for hydroxylation is 2. The summed E-state index contributed by atoms with van der Waals surface area (Å²) in [6.07, 6.45) is 13.8. The Morgan fingerprint density at radius 3 is 1.24 bits per heavy atom. The molecule has 0 saturated carbocycles. The third kappa shape index (κ3) is 22.4. The number of nitrogens with zero attached hydrogens (tertiary/aromatic N) is 2. The number of carboxylic acids is 2. The van der Waals surface area contributed by atoms with E-state index in [0.29, 0.717) is 36.1 Å². The minimum absolute atomic E-state index is 0.0187. The van der Waals surface area contributed by atoms with Crippen LogP contribution in [0.5, 0.6) is 11.5 Å². The predicted octanol–water partition coefficient (Wildman–Crippen LogP) is 7.38. The van der Waals surface area contributed by atoms with Gasteiger partial charge in [-0.1, -0.05) is 90.2 Å². The summed E-state index contributed by atoms with van der Waals surface area (Å²) in [6, 6.07) is 10.4. The Morgan fingerprint density at radius 2 is 0.862 bits per heavy atom. The molecule has 0 saturated heterocycles. The van der Waals surface area contributed by atoms with Gasteiger partial charge < -0.3 is 48.4 Å². The molecular formula is C44H68N2O12. The molecule has 0 unspecified atom stereocenters. The molecule has 0 fully saturated rings. The number of unbranched alkanes of at least 4 members (excludes halogenated alkanes) is 10. The highest BCUT2D eigenvalue weighted by Crippen LogP contribution is 2.31. The van der Waals surface area contributed by atoms with E-state index in [-0.39, 0.29) is 52.7 Å². The smallest absolute Gasteiger partial charge is 0.325 e. The number of ether oxygens (including phenoxy) is 6. The van der Waals surface area contributed by atoms with Crippen molar-refractivity contribution in [1.82, 2.24) is 0 Å². The van der Waals surface area contributed by atoms with Crippen LogP contribution < -0.4 is 19.3 Å². The molecule has 2 rings (SSSR count). The summed E-state index contributed by atoms with van der Waals surface area (Å²) in [5, 5.41) is 19.3. The van der Waals surface area contributed by atoms with E-state index in [0.717, 1.165) is 36.8 Å². The number of carbonyl (C=O) groups is 4. The van der Waals surface area contributed by atoms with Crippen molar-refractivity contribution in [2.45, 2.75) is 105 Å². The molecule has 0 bridgehead atoms. The monoisotopic (exact) mass is 816 g/mol. The van der Waals surface area contributed by atoms with Gasteiger partial charge in [0.15, 0.2) is 0 Å². The first-order chi connectivity index (χ1) is 28.0. The van der Waals surface area contributed by atoms with Gasteiger partial charge in [0.1, 0.15) is 64.1 Å². The second kappa shape index (κ2) is 30.5. The van der Waals surface area contributed by atoms with E-state index in [1.807, 2.05) is 13.8 Å². The Kier molecular flexibility index (Phi) is 26.1. The van der Waals surface area contributed by atoms with E-state index in [2.05, 4.69) is 13.8 Å². The van der Waals surface area contributed by atoms with Crippen LogP contribution in [0, 0.1) is 13.8 Å². The Morgan fingerprint density at radius 1 is 0.483 bits per heavy atom. The summed E-state index contributed by atoms with van der Waals surface area (Å²) in [5.74, 6) is -2.78. The first kappa shape index (κ1) is 49.6. The molecule has 2 N–H and O–H groups in total. The molecule has 2 aromatic rings. The van der Waals surface area contributed by atoms with Gasteiger partial charge in [-0.2, -0.15) is 0 Å².